The number of hydrogen-bond acceptors (Lipinski definition) is 5. The summed E-state index contributed by atoms with van der Waals surface area (Å²) in [4.78, 5) is 37.3. The zero-order valence-corrected chi connectivity index (χ0v) is 20.4. The Morgan fingerprint density at radius 2 is 1.89 bits per heavy atom. The van der Waals surface area contributed by atoms with E-state index in [4.69, 9.17) is 5.73 Å². The lowest BCUT2D eigenvalue weighted by Crippen LogP contribution is -2.62. The second kappa shape index (κ2) is 8.35. The first kappa shape index (κ1) is 23.3. The summed E-state index contributed by atoms with van der Waals surface area (Å²) in [6, 6.07) is 1.81. The van der Waals surface area contributed by atoms with E-state index in [9.17, 15) is 14.4 Å². The molecule has 0 aromatic carbocycles. The van der Waals surface area contributed by atoms with Crippen molar-refractivity contribution >= 4 is 23.9 Å². The van der Waals surface area contributed by atoms with Crippen molar-refractivity contribution in [3.63, 3.8) is 0 Å². The van der Waals surface area contributed by atoms with Crippen LogP contribution in [-0.2, 0) is 9.59 Å². The van der Waals surface area contributed by atoms with E-state index in [1.165, 1.54) is 6.92 Å². The average Bonchev–Trinajstić information content (AvgIpc) is 3.42. The van der Waals surface area contributed by atoms with Crippen molar-refractivity contribution in [3.8, 4) is 5.82 Å². The molecule has 6 rings (SSSR count). The minimum absolute atomic E-state index is 0.0228. The molecule has 2 aromatic heterocycles. The van der Waals surface area contributed by atoms with Gasteiger partial charge in [-0.1, -0.05) is 0 Å². The van der Waals surface area contributed by atoms with E-state index in [-0.39, 0.29) is 35.6 Å². The second-order valence-electron chi connectivity index (χ2n) is 11.1. The van der Waals surface area contributed by atoms with Gasteiger partial charge in [-0.25, -0.2) is 9.36 Å². The predicted octanol–water partition coefficient (Wildman–Crippen LogP) is 1.86. The normalized spacial score (nSPS) is 29.5. The molecule has 4 N–H and O–H groups in total. The molecule has 4 bridgehead atoms. The lowest BCUT2D eigenvalue weighted by molar-refractivity contribution is -0.145. The molecule has 4 aliphatic carbocycles. The van der Waals surface area contributed by atoms with Gasteiger partial charge in [0.2, 0.25) is 11.8 Å². The lowest BCUT2D eigenvalue weighted by Gasteiger charge is -2.58. The summed E-state index contributed by atoms with van der Waals surface area (Å²) in [6.45, 7) is 5.22. The van der Waals surface area contributed by atoms with Gasteiger partial charge < -0.3 is 16.4 Å². The van der Waals surface area contributed by atoms with E-state index < -0.39 is 11.0 Å². The van der Waals surface area contributed by atoms with E-state index in [2.05, 4.69) is 20.8 Å². The first-order chi connectivity index (χ1) is 16.6. The molecular formula is C25H33N7O3. The molecule has 3 amide bonds. The van der Waals surface area contributed by atoms with Gasteiger partial charge in [-0.15, -0.1) is 0 Å². The Kier molecular flexibility index (Phi) is 5.56. The minimum atomic E-state index is -0.599. The summed E-state index contributed by atoms with van der Waals surface area (Å²) >= 11 is 0. The molecule has 10 nitrogen and oxygen atoms in total. The third-order valence-electron chi connectivity index (χ3n) is 7.96. The summed E-state index contributed by atoms with van der Waals surface area (Å²) in [5.74, 6) is 1.03. The van der Waals surface area contributed by atoms with Gasteiger partial charge in [0.25, 0.3) is 5.91 Å². The van der Waals surface area contributed by atoms with Gasteiger partial charge in [-0.2, -0.15) is 10.2 Å². The van der Waals surface area contributed by atoms with Gasteiger partial charge in [0.15, 0.2) is 5.82 Å². The van der Waals surface area contributed by atoms with Gasteiger partial charge in [0.1, 0.15) is 5.56 Å². The molecule has 4 fully saturated rings. The van der Waals surface area contributed by atoms with Crippen molar-refractivity contribution in [1.29, 1.82) is 0 Å². The van der Waals surface area contributed by atoms with Crippen molar-refractivity contribution in [2.75, 3.05) is 0 Å². The van der Waals surface area contributed by atoms with E-state index in [0.717, 1.165) is 32.1 Å². The highest BCUT2D eigenvalue weighted by Crippen LogP contribution is 2.59. The smallest absolute Gasteiger partial charge is 0.257 e. The fraction of sp³-hybridized carbons (Fsp3) is 0.560. The monoisotopic (exact) mass is 479 g/mol. The third-order valence-corrected chi connectivity index (χ3v) is 7.96. The summed E-state index contributed by atoms with van der Waals surface area (Å²) in [5.41, 5.74) is 5.23. The summed E-state index contributed by atoms with van der Waals surface area (Å²) in [7, 11) is 0. The molecule has 10 heteroatoms. The maximum Gasteiger partial charge on any atom is 0.257 e. The van der Waals surface area contributed by atoms with Gasteiger partial charge in [0, 0.05) is 37.0 Å². The number of aromatic nitrogens is 4. The number of nitrogens with two attached hydrogens (primary N) is 1. The van der Waals surface area contributed by atoms with Crippen LogP contribution in [0.5, 0.6) is 0 Å². The highest BCUT2D eigenvalue weighted by atomic mass is 16.2. The lowest BCUT2D eigenvalue weighted by atomic mass is 9.47. The zero-order chi connectivity index (χ0) is 25.0. The standard InChI is InChI=1S/C25H33N7O3/c1-15(33)30-24(2,3)5-8-32-22(31-7-4-6-27-31)19(14-28-32)21(34)29-20-17-9-16-10-18(20)13-25(11-16,12-17)23(26)35/h4-8,14,16-18,20H,9-13H2,1-3H3,(H2,26,35)(H,29,34)(H,30,33)/b8-5+. The minimum Gasteiger partial charge on any atom is -0.369 e. The van der Waals surface area contributed by atoms with Crippen LogP contribution in [-0.4, -0.2) is 48.9 Å². The summed E-state index contributed by atoms with van der Waals surface area (Å²) in [6.07, 6.45) is 13.0. The number of primary amides is 1. The summed E-state index contributed by atoms with van der Waals surface area (Å²) in [5, 5.41) is 14.9. The van der Waals surface area contributed by atoms with Crippen molar-refractivity contribution in [2.45, 2.75) is 64.5 Å². The Labute approximate surface area is 204 Å². The van der Waals surface area contributed by atoms with Crippen LogP contribution in [0.1, 0.15) is 63.2 Å². The number of nitrogens with one attached hydrogen (secondary N) is 2. The summed E-state index contributed by atoms with van der Waals surface area (Å²) < 4.78 is 3.20. The average molecular weight is 480 g/mol. The largest absolute Gasteiger partial charge is 0.369 e. The van der Waals surface area contributed by atoms with Crippen LogP contribution in [0.25, 0.3) is 12.0 Å². The van der Waals surface area contributed by atoms with Crippen molar-refractivity contribution in [1.82, 2.24) is 30.2 Å². The first-order valence-corrected chi connectivity index (χ1v) is 12.2. The molecule has 0 radical (unpaired) electrons. The van der Waals surface area contributed by atoms with E-state index in [1.807, 2.05) is 19.9 Å². The molecule has 0 saturated heterocycles. The highest BCUT2D eigenvalue weighted by Gasteiger charge is 2.58. The van der Waals surface area contributed by atoms with E-state index >= 15 is 0 Å². The maximum absolute atomic E-state index is 13.5. The Balaban J connectivity index is 1.40. The van der Waals surface area contributed by atoms with Gasteiger partial charge in [-0.05, 0) is 75.8 Å². The Morgan fingerprint density at radius 3 is 2.49 bits per heavy atom. The van der Waals surface area contributed by atoms with Crippen LogP contribution in [0.4, 0.5) is 0 Å². The van der Waals surface area contributed by atoms with Crippen molar-refractivity contribution < 1.29 is 14.4 Å². The molecule has 2 heterocycles. The molecule has 2 aromatic rings. The number of rotatable bonds is 7. The molecule has 35 heavy (non-hydrogen) atoms. The highest BCUT2D eigenvalue weighted by molar-refractivity contribution is 5.97. The number of carbonyl (C=O) groups is 3. The molecule has 4 saturated carbocycles. The fourth-order valence-corrected chi connectivity index (χ4v) is 6.79. The molecular weight excluding hydrogens is 446 g/mol. The van der Waals surface area contributed by atoms with Crippen LogP contribution >= 0.6 is 0 Å². The van der Waals surface area contributed by atoms with Crippen LogP contribution in [0.2, 0.25) is 0 Å². The molecule has 4 aliphatic rings. The van der Waals surface area contributed by atoms with Crippen molar-refractivity contribution in [2.24, 2.45) is 28.9 Å². The number of hydrogen-bond donors (Lipinski definition) is 3. The van der Waals surface area contributed by atoms with Crippen molar-refractivity contribution in [3.05, 3.63) is 36.3 Å². The maximum atomic E-state index is 13.5. The number of carbonyl (C=O) groups excluding carboxylic acids is 3. The van der Waals surface area contributed by atoms with Gasteiger partial charge >= 0.3 is 0 Å². The fourth-order valence-electron chi connectivity index (χ4n) is 6.79. The predicted molar refractivity (Wildman–Crippen MR) is 129 cm³/mol. The molecule has 186 valence electrons. The topological polar surface area (TPSA) is 137 Å². The quantitative estimate of drug-likeness (QED) is 0.557. The molecule has 0 spiro atoms. The van der Waals surface area contributed by atoms with Crippen LogP contribution < -0.4 is 16.4 Å². The van der Waals surface area contributed by atoms with E-state index in [1.54, 1.807) is 40.2 Å². The molecule has 2 atom stereocenters. The molecule has 0 aliphatic heterocycles. The Morgan fingerprint density at radius 1 is 1.17 bits per heavy atom. The van der Waals surface area contributed by atoms with Gasteiger partial charge in [0.05, 0.1) is 11.7 Å². The zero-order valence-electron chi connectivity index (χ0n) is 20.4. The Bertz CT molecular complexity index is 1160. The number of nitrogens with zero attached hydrogens (tertiary/aromatic N) is 4. The van der Waals surface area contributed by atoms with E-state index in [0.29, 0.717) is 17.3 Å². The van der Waals surface area contributed by atoms with Crippen LogP contribution in [0, 0.1) is 23.2 Å². The SMILES string of the molecule is CC(=O)NC(C)(C)/C=C/n1ncc(C(=O)NC2C3CC4CC2CC(C(N)=O)(C4)C3)c1-n1cccn1. The number of amides is 3. The third kappa shape index (κ3) is 4.26. The molecule has 2 unspecified atom stereocenters. The van der Waals surface area contributed by atoms with Gasteiger partial charge in [-0.3, -0.25) is 14.4 Å². The Hall–Kier alpha value is -3.43. The van der Waals surface area contributed by atoms with Crippen LogP contribution in [0.3, 0.4) is 0 Å². The first-order valence-electron chi connectivity index (χ1n) is 12.2. The van der Waals surface area contributed by atoms with Crippen LogP contribution in [0.15, 0.2) is 30.7 Å². The second-order valence-corrected chi connectivity index (χ2v) is 11.1.